The summed E-state index contributed by atoms with van der Waals surface area (Å²) in [6, 6.07) is 5.36. The molecular weight excluding hydrogens is 280 g/mol. The first-order chi connectivity index (χ1) is 7.17. The fraction of sp³-hybridized carbons (Fsp3) is 0.300. The summed E-state index contributed by atoms with van der Waals surface area (Å²) in [7, 11) is 0. The van der Waals surface area contributed by atoms with Gasteiger partial charge in [0.05, 0.1) is 12.7 Å². The number of aldehydes is 1. The summed E-state index contributed by atoms with van der Waals surface area (Å²) in [5.74, 6) is 0.374. The molecule has 0 fully saturated rings. The van der Waals surface area contributed by atoms with Gasteiger partial charge in [0, 0.05) is 20.7 Å². The zero-order valence-corrected chi connectivity index (χ0v) is 10.3. The lowest BCUT2D eigenvalue weighted by molar-refractivity contribution is 0.111. The molecule has 0 amide bonds. The third kappa shape index (κ3) is 3.95. The molecule has 0 aromatic heterocycles. The van der Waals surface area contributed by atoms with Crippen LogP contribution in [0.2, 0.25) is 0 Å². The molecule has 0 heterocycles. The monoisotopic (exact) mass is 290 g/mol. The molecule has 0 saturated heterocycles. The second-order valence-electron chi connectivity index (χ2n) is 2.95. The molecule has 0 bridgehead atoms. The largest absolute Gasteiger partial charge is 0.394 e. The molecule has 5 heteroatoms. The summed E-state index contributed by atoms with van der Waals surface area (Å²) >= 11 is 4.62. The van der Waals surface area contributed by atoms with Crippen molar-refractivity contribution in [2.24, 2.45) is 0 Å². The van der Waals surface area contributed by atoms with Crippen LogP contribution >= 0.6 is 27.7 Å². The molecule has 1 unspecified atom stereocenters. The first-order valence-electron chi connectivity index (χ1n) is 4.34. The second-order valence-corrected chi connectivity index (χ2v) is 4.92. The van der Waals surface area contributed by atoms with Crippen molar-refractivity contribution >= 4 is 34.0 Å². The van der Waals surface area contributed by atoms with Crippen molar-refractivity contribution in [2.45, 2.75) is 11.0 Å². The number of carbonyl (C=O) groups excluding carboxylic acids is 1. The topological polar surface area (TPSA) is 57.5 Å². The Morgan fingerprint density at radius 2 is 2.27 bits per heavy atom. The maximum Gasteiger partial charge on any atom is 0.151 e. The molecule has 0 aliphatic heterocycles. The molecule has 1 rings (SSSR count). The lowest BCUT2D eigenvalue weighted by Crippen LogP contribution is -2.14. The Morgan fingerprint density at radius 3 is 2.87 bits per heavy atom. The van der Waals surface area contributed by atoms with Gasteiger partial charge in [-0.05, 0) is 18.2 Å². The van der Waals surface area contributed by atoms with E-state index in [2.05, 4.69) is 15.9 Å². The standard InChI is InChI=1S/C10H11BrO3S/c11-8-1-2-10(7(3-8)4-12)15-6-9(14)5-13/h1-4,9,13-14H,5-6H2. The average Bonchev–Trinajstić information content (AvgIpc) is 2.26. The van der Waals surface area contributed by atoms with E-state index in [9.17, 15) is 4.79 Å². The SMILES string of the molecule is O=Cc1cc(Br)ccc1SCC(O)CO. The van der Waals surface area contributed by atoms with E-state index in [-0.39, 0.29) is 6.61 Å². The van der Waals surface area contributed by atoms with Crippen molar-refractivity contribution in [3.63, 3.8) is 0 Å². The van der Waals surface area contributed by atoms with Crippen LogP contribution in [-0.2, 0) is 0 Å². The molecule has 2 N–H and O–H groups in total. The Bertz CT molecular complexity index is 343. The maximum absolute atomic E-state index is 10.7. The Labute approximate surface area is 101 Å². The van der Waals surface area contributed by atoms with E-state index in [1.165, 1.54) is 11.8 Å². The molecule has 1 aromatic rings. The Morgan fingerprint density at radius 1 is 1.53 bits per heavy atom. The van der Waals surface area contributed by atoms with Crippen LogP contribution in [0.1, 0.15) is 10.4 Å². The number of hydrogen-bond donors (Lipinski definition) is 2. The van der Waals surface area contributed by atoms with E-state index in [0.717, 1.165) is 15.7 Å². The summed E-state index contributed by atoms with van der Waals surface area (Å²) in [6.07, 6.45) is 0.0245. The fourth-order valence-electron chi connectivity index (χ4n) is 0.982. The van der Waals surface area contributed by atoms with Crippen LogP contribution in [-0.4, -0.2) is 35.0 Å². The smallest absolute Gasteiger partial charge is 0.151 e. The molecule has 1 atom stereocenters. The zero-order valence-electron chi connectivity index (χ0n) is 7.89. The number of aliphatic hydroxyl groups is 2. The summed E-state index contributed by atoms with van der Waals surface area (Å²) in [5.41, 5.74) is 0.583. The predicted molar refractivity (Wildman–Crippen MR) is 63.3 cm³/mol. The van der Waals surface area contributed by atoms with Gasteiger partial charge in [-0.1, -0.05) is 15.9 Å². The number of thioether (sulfide) groups is 1. The van der Waals surface area contributed by atoms with Crippen LogP contribution in [0.4, 0.5) is 0 Å². The van der Waals surface area contributed by atoms with Gasteiger partial charge in [0.2, 0.25) is 0 Å². The van der Waals surface area contributed by atoms with E-state index in [1.807, 2.05) is 12.1 Å². The highest BCUT2D eigenvalue weighted by molar-refractivity contribution is 9.10. The molecule has 0 spiro atoms. The summed E-state index contributed by atoms with van der Waals surface area (Å²) in [6.45, 7) is -0.264. The molecule has 3 nitrogen and oxygen atoms in total. The number of carbonyl (C=O) groups is 1. The Kier molecular flexibility index (Phi) is 5.31. The van der Waals surface area contributed by atoms with Gasteiger partial charge >= 0.3 is 0 Å². The minimum absolute atomic E-state index is 0.264. The van der Waals surface area contributed by atoms with Crippen molar-refractivity contribution < 1.29 is 15.0 Å². The van der Waals surface area contributed by atoms with E-state index in [4.69, 9.17) is 10.2 Å². The molecule has 0 radical (unpaired) electrons. The van der Waals surface area contributed by atoms with E-state index >= 15 is 0 Å². The van der Waals surface area contributed by atoms with Crippen LogP contribution < -0.4 is 0 Å². The van der Waals surface area contributed by atoms with Crippen molar-refractivity contribution in [1.82, 2.24) is 0 Å². The quantitative estimate of drug-likeness (QED) is 0.640. The molecule has 0 aliphatic carbocycles. The molecule has 15 heavy (non-hydrogen) atoms. The third-order valence-electron chi connectivity index (χ3n) is 1.74. The van der Waals surface area contributed by atoms with Gasteiger partial charge in [-0.2, -0.15) is 0 Å². The van der Waals surface area contributed by atoms with Crippen LogP contribution in [0.3, 0.4) is 0 Å². The first-order valence-corrected chi connectivity index (χ1v) is 6.11. The van der Waals surface area contributed by atoms with Gasteiger partial charge in [-0.3, -0.25) is 4.79 Å². The summed E-state index contributed by atoms with van der Waals surface area (Å²) in [4.78, 5) is 11.6. The van der Waals surface area contributed by atoms with Crippen molar-refractivity contribution in [2.75, 3.05) is 12.4 Å². The van der Waals surface area contributed by atoms with E-state index < -0.39 is 6.10 Å². The third-order valence-corrected chi connectivity index (χ3v) is 3.47. The van der Waals surface area contributed by atoms with E-state index in [0.29, 0.717) is 11.3 Å². The highest BCUT2D eigenvalue weighted by Gasteiger charge is 2.07. The van der Waals surface area contributed by atoms with Crippen LogP contribution in [0.25, 0.3) is 0 Å². The van der Waals surface area contributed by atoms with Crippen molar-refractivity contribution in [3.8, 4) is 0 Å². The van der Waals surface area contributed by atoms with E-state index in [1.54, 1.807) is 6.07 Å². The molecule has 0 saturated carbocycles. The minimum Gasteiger partial charge on any atom is -0.394 e. The zero-order chi connectivity index (χ0) is 11.3. The summed E-state index contributed by atoms with van der Waals surface area (Å²) < 4.78 is 0.844. The first kappa shape index (κ1) is 12.7. The van der Waals surface area contributed by atoms with Gasteiger partial charge in [0.25, 0.3) is 0 Å². The van der Waals surface area contributed by atoms with Crippen LogP contribution in [0, 0.1) is 0 Å². The maximum atomic E-state index is 10.7. The molecule has 82 valence electrons. The summed E-state index contributed by atoms with van der Waals surface area (Å²) in [5, 5.41) is 17.8. The lowest BCUT2D eigenvalue weighted by Gasteiger charge is -2.08. The second kappa shape index (κ2) is 6.27. The highest BCUT2D eigenvalue weighted by Crippen LogP contribution is 2.25. The lowest BCUT2D eigenvalue weighted by atomic mass is 10.2. The number of aliphatic hydroxyl groups excluding tert-OH is 2. The number of hydrogen-bond acceptors (Lipinski definition) is 4. The van der Waals surface area contributed by atoms with Crippen LogP contribution in [0.5, 0.6) is 0 Å². The molecule has 1 aromatic carbocycles. The van der Waals surface area contributed by atoms with Crippen molar-refractivity contribution in [1.29, 1.82) is 0 Å². The van der Waals surface area contributed by atoms with Gasteiger partial charge in [0.15, 0.2) is 6.29 Å². The number of halogens is 1. The highest BCUT2D eigenvalue weighted by atomic mass is 79.9. The average molecular weight is 291 g/mol. The van der Waals surface area contributed by atoms with Gasteiger partial charge in [-0.15, -0.1) is 11.8 Å². The molecule has 0 aliphatic rings. The van der Waals surface area contributed by atoms with Crippen LogP contribution in [0.15, 0.2) is 27.6 Å². The Balaban J connectivity index is 2.72. The normalized spacial score (nSPS) is 12.5. The minimum atomic E-state index is -0.752. The fourth-order valence-corrected chi connectivity index (χ4v) is 2.28. The number of rotatable bonds is 5. The predicted octanol–water partition coefficient (Wildman–Crippen LogP) is 1.71. The number of benzene rings is 1. The van der Waals surface area contributed by atoms with Gasteiger partial charge in [0.1, 0.15) is 0 Å². The van der Waals surface area contributed by atoms with Crippen molar-refractivity contribution in [3.05, 3.63) is 28.2 Å². The molecular formula is C10H11BrO3S. The van der Waals surface area contributed by atoms with Gasteiger partial charge in [-0.25, -0.2) is 0 Å². The van der Waals surface area contributed by atoms with Gasteiger partial charge < -0.3 is 10.2 Å². The Hall–Kier alpha value is -0.360.